The number of nitrogens with zero attached hydrogens (tertiary/aromatic N) is 2. The SMILES string of the molecule is CN(C)CC12C=C(c3ccc4ncccc4c3)C(CC1)C2. The molecule has 2 atom stereocenters. The Morgan fingerprint density at radius 3 is 3.05 bits per heavy atom. The van der Waals surface area contributed by atoms with E-state index in [0.717, 1.165) is 11.4 Å². The molecule has 2 aromatic rings. The molecule has 2 bridgehead atoms. The van der Waals surface area contributed by atoms with Crippen molar-refractivity contribution in [1.82, 2.24) is 9.88 Å². The molecule has 0 N–H and O–H groups in total. The summed E-state index contributed by atoms with van der Waals surface area (Å²) < 4.78 is 0. The highest BCUT2D eigenvalue weighted by Crippen LogP contribution is 2.55. The van der Waals surface area contributed by atoms with Gasteiger partial charge in [-0.1, -0.05) is 18.2 Å². The van der Waals surface area contributed by atoms with Gasteiger partial charge in [-0.2, -0.15) is 0 Å². The van der Waals surface area contributed by atoms with Crippen molar-refractivity contribution in [3.05, 3.63) is 48.2 Å². The van der Waals surface area contributed by atoms with Crippen molar-refractivity contribution in [1.29, 1.82) is 0 Å². The summed E-state index contributed by atoms with van der Waals surface area (Å²) in [4.78, 5) is 6.76. The summed E-state index contributed by atoms with van der Waals surface area (Å²) in [5.74, 6) is 0.763. The summed E-state index contributed by atoms with van der Waals surface area (Å²) in [5, 5.41) is 1.25. The third-order valence-corrected chi connectivity index (χ3v) is 5.11. The normalized spacial score (nSPS) is 27.6. The predicted molar refractivity (Wildman–Crippen MR) is 88.0 cm³/mol. The topological polar surface area (TPSA) is 16.1 Å². The average Bonchev–Trinajstić information content (AvgIpc) is 3.03. The summed E-state index contributed by atoms with van der Waals surface area (Å²) in [6.07, 6.45) is 8.49. The van der Waals surface area contributed by atoms with Gasteiger partial charge in [0.15, 0.2) is 0 Å². The Morgan fingerprint density at radius 1 is 1.29 bits per heavy atom. The Hall–Kier alpha value is -1.67. The van der Waals surface area contributed by atoms with Gasteiger partial charge in [-0.05, 0) is 68.6 Å². The number of hydrogen-bond donors (Lipinski definition) is 0. The molecule has 2 nitrogen and oxygen atoms in total. The Labute approximate surface area is 126 Å². The first-order chi connectivity index (χ1) is 10.2. The molecule has 0 radical (unpaired) electrons. The summed E-state index contributed by atoms with van der Waals surface area (Å²) in [6, 6.07) is 10.9. The van der Waals surface area contributed by atoms with Crippen LogP contribution in [0.3, 0.4) is 0 Å². The molecule has 2 heteroatoms. The van der Waals surface area contributed by atoms with Gasteiger partial charge in [0, 0.05) is 23.5 Å². The molecular formula is C19H22N2. The number of allylic oxidation sites excluding steroid dienone is 1. The van der Waals surface area contributed by atoms with Crippen molar-refractivity contribution in [2.24, 2.45) is 11.3 Å². The Kier molecular flexibility index (Phi) is 2.90. The van der Waals surface area contributed by atoms with Crippen LogP contribution in [0.4, 0.5) is 0 Å². The average molecular weight is 278 g/mol. The largest absolute Gasteiger partial charge is 0.309 e. The van der Waals surface area contributed by atoms with Crippen molar-refractivity contribution >= 4 is 16.5 Å². The van der Waals surface area contributed by atoms with Gasteiger partial charge in [0.25, 0.3) is 0 Å². The molecule has 1 aromatic carbocycles. The fraction of sp³-hybridized carbons (Fsp3) is 0.421. The minimum absolute atomic E-state index is 0.424. The third-order valence-electron chi connectivity index (χ3n) is 5.11. The maximum atomic E-state index is 4.42. The fourth-order valence-electron chi connectivity index (χ4n) is 4.39. The minimum Gasteiger partial charge on any atom is -0.309 e. The van der Waals surface area contributed by atoms with Crippen LogP contribution in [0.25, 0.3) is 16.5 Å². The number of aromatic nitrogens is 1. The standard InChI is InChI=1S/C19H22N2/c1-21(2)13-19-8-7-16(11-19)17(12-19)14-5-6-18-15(10-14)4-3-9-20-18/h3-6,9-10,12,16H,7-8,11,13H2,1-2H3. The fourth-order valence-corrected chi connectivity index (χ4v) is 4.39. The first-order valence-corrected chi connectivity index (χ1v) is 7.88. The lowest BCUT2D eigenvalue weighted by Crippen LogP contribution is -2.28. The monoisotopic (exact) mass is 278 g/mol. The van der Waals surface area contributed by atoms with Gasteiger partial charge in [0.05, 0.1) is 5.52 Å². The molecule has 1 heterocycles. The van der Waals surface area contributed by atoms with E-state index in [9.17, 15) is 0 Å². The van der Waals surface area contributed by atoms with Crippen LogP contribution in [0, 0.1) is 11.3 Å². The summed E-state index contributed by atoms with van der Waals surface area (Å²) in [7, 11) is 4.38. The highest BCUT2D eigenvalue weighted by atomic mass is 15.1. The van der Waals surface area contributed by atoms with E-state index in [2.05, 4.69) is 54.3 Å². The number of pyridine rings is 1. The van der Waals surface area contributed by atoms with E-state index >= 15 is 0 Å². The minimum atomic E-state index is 0.424. The predicted octanol–water partition coefficient (Wildman–Crippen LogP) is 3.98. The van der Waals surface area contributed by atoms with Gasteiger partial charge >= 0.3 is 0 Å². The summed E-state index contributed by atoms with van der Waals surface area (Å²) >= 11 is 0. The van der Waals surface area contributed by atoms with Crippen LogP contribution < -0.4 is 0 Å². The van der Waals surface area contributed by atoms with Gasteiger partial charge < -0.3 is 4.90 Å². The van der Waals surface area contributed by atoms with E-state index in [1.165, 1.54) is 36.8 Å². The number of rotatable bonds is 3. The molecule has 1 fully saturated rings. The van der Waals surface area contributed by atoms with Crippen molar-refractivity contribution in [3.63, 3.8) is 0 Å². The summed E-state index contributed by atoms with van der Waals surface area (Å²) in [5.41, 5.74) is 4.50. The van der Waals surface area contributed by atoms with Gasteiger partial charge in [0.1, 0.15) is 0 Å². The molecule has 2 unspecified atom stereocenters. The number of fused-ring (bicyclic) bond motifs is 3. The van der Waals surface area contributed by atoms with E-state index in [-0.39, 0.29) is 0 Å². The summed E-state index contributed by atoms with van der Waals surface area (Å²) in [6.45, 7) is 1.18. The van der Waals surface area contributed by atoms with Gasteiger partial charge in [0.2, 0.25) is 0 Å². The molecule has 0 amide bonds. The van der Waals surface area contributed by atoms with Crippen LogP contribution in [0.5, 0.6) is 0 Å². The Balaban J connectivity index is 1.74. The van der Waals surface area contributed by atoms with Crippen LogP contribution in [0.15, 0.2) is 42.6 Å². The lowest BCUT2D eigenvalue weighted by Gasteiger charge is -2.27. The second kappa shape index (κ2) is 4.67. The quantitative estimate of drug-likeness (QED) is 0.844. The van der Waals surface area contributed by atoms with E-state index in [1.54, 1.807) is 5.57 Å². The molecule has 4 rings (SSSR count). The van der Waals surface area contributed by atoms with Gasteiger partial charge in [-0.25, -0.2) is 0 Å². The Bertz CT molecular complexity index is 716. The van der Waals surface area contributed by atoms with Crippen LogP contribution >= 0.6 is 0 Å². The van der Waals surface area contributed by atoms with E-state index in [1.807, 2.05) is 12.3 Å². The molecule has 1 saturated carbocycles. The van der Waals surface area contributed by atoms with Crippen molar-refractivity contribution in [2.75, 3.05) is 20.6 Å². The molecule has 0 spiro atoms. The number of hydrogen-bond acceptors (Lipinski definition) is 2. The molecule has 21 heavy (non-hydrogen) atoms. The lowest BCUT2D eigenvalue weighted by atomic mass is 9.85. The zero-order chi connectivity index (χ0) is 14.4. The zero-order valence-corrected chi connectivity index (χ0v) is 12.8. The zero-order valence-electron chi connectivity index (χ0n) is 12.8. The lowest BCUT2D eigenvalue weighted by molar-refractivity contribution is 0.261. The molecule has 108 valence electrons. The van der Waals surface area contributed by atoms with E-state index in [0.29, 0.717) is 5.41 Å². The second-order valence-corrected chi connectivity index (χ2v) is 7.05. The van der Waals surface area contributed by atoms with E-state index in [4.69, 9.17) is 0 Å². The molecule has 2 aliphatic carbocycles. The second-order valence-electron chi connectivity index (χ2n) is 7.05. The van der Waals surface area contributed by atoms with Crippen molar-refractivity contribution in [2.45, 2.75) is 19.3 Å². The first-order valence-electron chi connectivity index (χ1n) is 7.88. The van der Waals surface area contributed by atoms with Crippen molar-refractivity contribution in [3.8, 4) is 0 Å². The molecule has 0 saturated heterocycles. The third kappa shape index (κ3) is 2.18. The molecule has 0 aliphatic heterocycles. The maximum absolute atomic E-state index is 4.42. The maximum Gasteiger partial charge on any atom is 0.0702 e. The first kappa shape index (κ1) is 13.0. The van der Waals surface area contributed by atoms with Crippen LogP contribution in [0.1, 0.15) is 24.8 Å². The van der Waals surface area contributed by atoms with Gasteiger partial charge in [-0.3, -0.25) is 4.98 Å². The molecule has 1 aromatic heterocycles. The smallest absolute Gasteiger partial charge is 0.0702 e. The van der Waals surface area contributed by atoms with Gasteiger partial charge in [-0.15, -0.1) is 0 Å². The highest BCUT2D eigenvalue weighted by molar-refractivity contribution is 5.84. The van der Waals surface area contributed by atoms with Crippen LogP contribution in [-0.2, 0) is 0 Å². The molecule has 2 aliphatic rings. The van der Waals surface area contributed by atoms with E-state index < -0.39 is 0 Å². The Morgan fingerprint density at radius 2 is 2.19 bits per heavy atom. The van der Waals surface area contributed by atoms with Crippen LogP contribution in [0.2, 0.25) is 0 Å². The van der Waals surface area contributed by atoms with Crippen molar-refractivity contribution < 1.29 is 0 Å². The number of benzene rings is 1. The molecular weight excluding hydrogens is 256 g/mol. The highest BCUT2D eigenvalue weighted by Gasteiger charge is 2.45. The van der Waals surface area contributed by atoms with Crippen LogP contribution in [-0.4, -0.2) is 30.5 Å².